The van der Waals surface area contributed by atoms with Gasteiger partial charge < -0.3 is 30.3 Å². The van der Waals surface area contributed by atoms with Crippen LogP contribution in [0.5, 0.6) is 0 Å². The number of ether oxygens (including phenoxy) is 2. The monoisotopic (exact) mass is 678 g/mol. The van der Waals surface area contributed by atoms with Gasteiger partial charge in [0.05, 0.1) is 6.04 Å². The second-order valence-electron chi connectivity index (χ2n) is 13.9. The minimum absolute atomic E-state index is 0.00269. The highest BCUT2D eigenvalue weighted by Crippen LogP contribution is 2.15. The summed E-state index contributed by atoms with van der Waals surface area (Å²) in [6, 6.07) is -1.98. The number of piperidine rings is 1. The van der Waals surface area contributed by atoms with Crippen molar-refractivity contribution in [1.82, 2.24) is 31.3 Å². The summed E-state index contributed by atoms with van der Waals surface area (Å²) in [4.78, 5) is 89.5. The van der Waals surface area contributed by atoms with Gasteiger partial charge in [-0.25, -0.2) is 15.0 Å². The lowest BCUT2D eigenvalue weighted by Crippen LogP contribution is -2.61. The third kappa shape index (κ3) is 14.4. The van der Waals surface area contributed by atoms with E-state index < -0.39 is 54.0 Å². The fraction of sp³-hybridized carbons (Fsp3) is 0.727. The van der Waals surface area contributed by atoms with Gasteiger partial charge in [-0.3, -0.25) is 29.0 Å². The molecule has 0 aromatic rings. The Bertz CT molecular complexity index is 1190. The molecule has 0 saturated carbocycles. The lowest BCUT2D eigenvalue weighted by molar-refractivity contribution is -0.148. The van der Waals surface area contributed by atoms with Gasteiger partial charge in [0.1, 0.15) is 11.6 Å². The Morgan fingerprint density at radius 2 is 1.62 bits per heavy atom. The molecular formula is C33H54N6O9. The number of carbonyl (C=O) groups is 7. The highest BCUT2D eigenvalue weighted by Gasteiger charge is 2.35. The van der Waals surface area contributed by atoms with E-state index in [9.17, 15) is 33.6 Å². The average molecular weight is 679 g/mol. The SMILES string of the molecule is CC(C)CC(=O)NCCC(=O)N1NCCC[C@H]1C(=O)N[C@H](C(=O)COC(=O)C=CC(=O)N1CCC(NC(=O)OC(C)(C)C)CC1)C(C)C. The van der Waals surface area contributed by atoms with Crippen molar-refractivity contribution in [1.29, 1.82) is 0 Å². The number of carbonyl (C=O) groups excluding carboxylic acids is 7. The van der Waals surface area contributed by atoms with Crippen LogP contribution in [0.15, 0.2) is 12.2 Å². The molecule has 2 fully saturated rings. The van der Waals surface area contributed by atoms with Crippen LogP contribution in [0.1, 0.15) is 87.0 Å². The minimum atomic E-state index is -0.985. The highest BCUT2D eigenvalue weighted by molar-refractivity contribution is 5.97. The van der Waals surface area contributed by atoms with Crippen LogP contribution in [0.3, 0.4) is 0 Å². The van der Waals surface area contributed by atoms with Crippen molar-refractivity contribution < 1.29 is 43.0 Å². The Morgan fingerprint density at radius 1 is 0.958 bits per heavy atom. The molecule has 5 amide bonds. The lowest BCUT2D eigenvalue weighted by atomic mass is 9.98. The number of alkyl carbamates (subject to hydrolysis) is 1. The molecule has 2 aliphatic rings. The summed E-state index contributed by atoms with van der Waals surface area (Å²) in [7, 11) is 0. The molecular weight excluding hydrogens is 624 g/mol. The summed E-state index contributed by atoms with van der Waals surface area (Å²) < 4.78 is 10.3. The zero-order valence-corrected chi connectivity index (χ0v) is 29.4. The van der Waals surface area contributed by atoms with Crippen LogP contribution in [0, 0.1) is 11.8 Å². The van der Waals surface area contributed by atoms with Gasteiger partial charge in [-0.1, -0.05) is 27.7 Å². The summed E-state index contributed by atoms with van der Waals surface area (Å²) in [5.74, 6) is -3.01. The van der Waals surface area contributed by atoms with E-state index in [0.29, 0.717) is 51.7 Å². The standard InChI is InChI=1S/C33H54N6O9/c1-21(2)19-26(41)34-16-12-28(43)39-24(9-8-15-35-39)31(45)37-30(22(3)4)25(40)20-47-29(44)11-10-27(42)38-17-13-23(14-18-38)36-32(46)48-33(5,6)7/h10-11,21-24,30,35H,8-9,12-20H2,1-7H3,(H,34,41)(H,36,46)(H,37,45)/t24-,30-/m0/s1. The molecule has 0 unspecified atom stereocenters. The molecule has 4 N–H and O–H groups in total. The third-order valence-corrected chi connectivity index (χ3v) is 7.63. The maximum absolute atomic E-state index is 13.3. The predicted octanol–water partition coefficient (Wildman–Crippen LogP) is 1.36. The number of ketones is 1. The first-order valence-corrected chi connectivity index (χ1v) is 16.8. The number of esters is 1. The van der Waals surface area contributed by atoms with Gasteiger partial charge in [-0.05, 0) is 58.3 Å². The van der Waals surface area contributed by atoms with E-state index >= 15 is 0 Å². The topological polar surface area (TPSA) is 193 Å². The Hall–Kier alpha value is -4.01. The van der Waals surface area contributed by atoms with E-state index in [1.165, 1.54) is 5.01 Å². The minimum Gasteiger partial charge on any atom is -0.454 e. The second kappa shape index (κ2) is 19.1. The van der Waals surface area contributed by atoms with Crippen molar-refractivity contribution in [2.45, 2.75) is 111 Å². The van der Waals surface area contributed by atoms with Crippen molar-refractivity contribution in [3.8, 4) is 0 Å². The second-order valence-corrected chi connectivity index (χ2v) is 13.9. The van der Waals surface area contributed by atoms with Crippen LogP contribution in [0.2, 0.25) is 0 Å². The molecule has 0 bridgehead atoms. The Kier molecular flexibility index (Phi) is 16.0. The summed E-state index contributed by atoms with van der Waals surface area (Å²) in [5.41, 5.74) is 2.34. The van der Waals surface area contributed by atoms with Crippen LogP contribution in [-0.4, -0.2) is 108 Å². The molecule has 15 heteroatoms. The van der Waals surface area contributed by atoms with Crippen LogP contribution in [-0.2, 0) is 38.2 Å². The molecule has 15 nitrogen and oxygen atoms in total. The Morgan fingerprint density at radius 3 is 2.23 bits per heavy atom. The van der Waals surface area contributed by atoms with E-state index in [2.05, 4.69) is 21.4 Å². The van der Waals surface area contributed by atoms with Crippen molar-refractivity contribution in [2.24, 2.45) is 11.8 Å². The summed E-state index contributed by atoms with van der Waals surface area (Å²) >= 11 is 0. The molecule has 2 atom stereocenters. The number of rotatable bonds is 14. The first kappa shape index (κ1) is 40.2. The Labute approximate surface area is 283 Å². The smallest absolute Gasteiger partial charge is 0.407 e. The molecule has 2 saturated heterocycles. The largest absolute Gasteiger partial charge is 0.454 e. The first-order valence-electron chi connectivity index (χ1n) is 16.8. The van der Waals surface area contributed by atoms with E-state index in [1.807, 2.05) is 13.8 Å². The van der Waals surface area contributed by atoms with Gasteiger partial charge in [0, 0.05) is 57.2 Å². The van der Waals surface area contributed by atoms with E-state index in [-0.39, 0.29) is 42.7 Å². The fourth-order valence-electron chi connectivity index (χ4n) is 5.23. The van der Waals surface area contributed by atoms with Gasteiger partial charge >= 0.3 is 12.1 Å². The van der Waals surface area contributed by atoms with Crippen LogP contribution in [0.4, 0.5) is 4.79 Å². The van der Waals surface area contributed by atoms with E-state index in [4.69, 9.17) is 9.47 Å². The average Bonchev–Trinajstić information content (AvgIpc) is 3.00. The maximum Gasteiger partial charge on any atom is 0.407 e. The first-order chi connectivity index (χ1) is 22.5. The zero-order valence-electron chi connectivity index (χ0n) is 29.4. The normalized spacial score (nSPS) is 18.0. The number of hydrazine groups is 1. The number of hydrogen-bond acceptors (Lipinski definition) is 10. The molecule has 2 rings (SSSR count). The van der Waals surface area contributed by atoms with Crippen molar-refractivity contribution >= 4 is 41.5 Å². The molecule has 0 spiro atoms. The summed E-state index contributed by atoms with van der Waals surface area (Å²) in [6.45, 7) is 13.4. The lowest BCUT2D eigenvalue weighted by Gasteiger charge is -2.36. The van der Waals surface area contributed by atoms with Crippen molar-refractivity contribution in [2.75, 3.05) is 32.8 Å². The quantitative estimate of drug-likeness (QED) is 0.154. The fourth-order valence-corrected chi connectivity index (χ4v) is 5.23. The summed E-state index contributed by atoms with van der Waals surface area (Å²) in [6.07, 6.45) is 3.95. The maximum atomic E-state index is 13.3. The van der Waals surface area contributed by atoms with Crippen molar-refractivity contribution in [3.63, 3.8) is 0 Å². The zero-order chi connectivity index (χ0) is 36.0. The van der Waals surface area contributed by atoms with Crippen LogP contribution >= 0.6 is 0 Å². The van der Waals surface area contributed by atoms with Crippen LogP contribution in [0.25, 0.3) is 0 Å². The van der Waals surface area contributed by atoms with Gasteiger partial charge in [0.25, 0.3) is 0 Å². The van der Waals surface area contributed by atoms with E-state index in [0.717, 1.165) is 12.2 Å². The predicted molar refractivity (Wildman–Crippen MR) is 176 cm³/mol. The number of nitrogens with one attached hydrogen (secondary N) is 4. The number of Topliss-reactive ketones (excluding diaryl/α,β-unsaturated/α-hetero) is 1. The van der Waals surface area contributed by atoms with Gasteiger partial charge in [0.15, 0.2) is 12.4 Å². The van der Waals surface area contributed by atoms with Crippen molar-refractivity contribution in [3.05, 3.63) is 12.2 Å². The molecule has 2 aliphatic heterocycles. The molecule has 0 radical (unpaired) electrons. The number of amides is 5. The van der Waals surface area contributed by atoms with Gasteiger partial charge in [-0.2, -0.15) is 0 Å². The molecule has 270 valence electrons. The molecule has 0 aromatic carbocycles. The van der Waals surface area contributed by atoms with E-state index in [1.54, 1.807) is 39.5 Å². The molecule has 2 heterocycles. The highest BCUT2D eigenvalue weighted by atomic mass is 16.6. The van der Waals surface area contributed by atoms with Gasteiger partial charge in [0.2, 0.25) is 23.6 Å². The Balaban J connectivity index is 1.83. The molecule has 0 aromatic heterocycles. The molecule has 48 heavy (non-hydrogen) atoms. The number of hydrogen-bond donors (Lipinski definition) is 4. The number of likely N-dealkylation sites (tertiary alicyclic amines) is 1. The third-order valence-electron chi connectivity index (χ3n) is 7.63. The number of nitrogens with zero attached hydrogens (tertiary/aromatic N) is 2. The van der Waals surface area contributed by atoms with Crippen LogP contribution < -0.4 is 21.4 Å². The summed E-state index contributed by atoms with van der Waals surface area (Å²) in [5, 5.41) is 9.49. The van der Waals surface area contributed by atoms with Gasteiger partial charge in [-0.15, -0.1) is 0 Å². The molecule has 0 aliphatic carbocycles.